The maximum atomic E-state index is 12.7. The summed E-state index contributed by atoms with van der Waals surface area (Å²) < 4.78 is 37.4. The third-order valence-electron chi connectivity index (χ3n) is 5.19. The highest BCUT2D eigenvalue weighted by Crippen LogP contribution is 2.23. The topological polar surface area (TPSA) is 102 Å². The zero-order valence-electron chi connectivity index (χ0n) is 17.0. The summed E-state index contributed by atoms with van der Waals surface area (Å²) in [5.74, 6) is -0.0451. The number of morpholine rings is 1. The molecule has 1 aliphatic heterocycles. The largest absolute Gasteiger partial charge is 0.379 e. The molecule has 158 valence electrons. The van der Waals surface area contributed by atoms with Crippen molar-refractivity contribution >= 4 is 15.9 Å². The maximum absolute atomic E-state index is 12.7. The van der Waals surface area contributed by atoms with E-state index in [2.05, 4.69) is 10.5 Å². The molecular weight excluding hydrogens is 394 g/mol. The van der Waals surface area contributed by atoms with Crippen LogP contribution in [-0.4, -0.2) is 50.1 Å². The Morgan fingerprint density at radius 2 is 1.86 bits per heavy atom. The van der Waals surface area contributed by atoms with Crippen LogP contribution >= 0.6 is 0 Å². The van der Waals surface area contributed by atoms with E-state index in [1.165, 1.54) is 4.31 Å². The predicted molar refractivity (Wildman–Crippen MR) is 108 cm³/mol. The van der Waals surface area contributed by atoms with Crippen molar-refractivity contribution in [3.05, 3.63) is 52.4 Å². The van der Waals surface area contributed by atoms with Crippen molar-refractivity contribution in [3.8, 4) is 0 Å². The third-order valence-corrected chi connectivity index (χ3v) is 7.02. The van der Waals surface area contributed by atoms with Gasteiger partial charge in [-0.1, -0.05) is 29.4 Å². The first-order valence-corrected chi connectivity index (χ1v) is 11.2. The van der Waals surface area contributed by atoms with Crippen molar-refractivity contribution in [2.24, 2.45) is 0 Å². The van der Waals surface area contributed by atoms with Gasteiger partial charge in [-0.15, -0.1) is 0 Å². The van der Waals surface area contributed by atoms with Crippen molar-refractivity contribution in [2.45, 2.75) is 39.0 Å². The SMILES string of the molecule is Cc1noc(C)c1C(C)C(=O)NCc1ccccc1CS(=O)(=O)N1CCOCC1. The summed E-state index contributed by atoms with van der Waals surface area (Å²) in [6.07, 6.45) is 0. The zero-order chi connectivity index (χ0) is 21.0. The lowest BCUT2D eigenvalue weighted by Gasteiger charge is -2.26. The van der Waals surface area contributed by atoms with Gasteiger partial charge in [0.1, 0.15) is 5.76 Å². The number of hydrogen-bond donors (Lipinski definition) is 1. The first-order chi connectivity index (χ1) is 13.8. The minimum Gasteiger partial charge on any atom is -0.379 e. The van der Waals surface area contributed by atoms with Gasteiger partial charge in [0, 0.05) is 25.2 Å². The van der Waals surface area contributed by atoms with Crippen molar-refractivity contribution in [2.75, 3.05) is 26.3 Å². The summed E-state index contributed by atoms with van der Waals surface area (Å²) in [7, 11) is -3.44. The monoisotopic (exact) mass is 421 g/mol. The Bertz CT molecular complexity index is 945. The molecule has 0 bridgehead atoms. The van der Waals surface area contributed by atoms with E-state index in [1.54, 1.807) is 26.8 Å². The summed E-state index contributed by atoms with van der Waals surface area (Å²) in [6.45, 7) is 7.21. The number of sulfonamides is 1. The van der Waals surface area contributed by atoms with E-state index in [0.29, 0.717) is 43.3 Å². The van der Waals surface area contributed by atoms with Crippen LogP contribution < -0.4 is 5.32 Å². The molecule has 2 heterocycles. The van der Waals surface area contributed by atoms with E-state index in [4.69, 9.17) is 9.26 Å². The Hall–Kier alpha value is -2.23. The number of hydrogen-bond acceptors (Lipinski definition) is 6. The van der Waals surface area contributed by atoms with Gasteiger partial charge >= 0.3 is 0 Å². The predicted octanol–water partition coefficient (Wildman–Crippen LogP) is 1.87. The minimum atomic E-state index is -3.44. The summed E-state index contributed by atoms with van der Waals surface area (Å²) in [6, 6.07) is 7.27. The first-order valence-electron chi connectivity index (χ1n) is 9.62. The molecule has 1 unspecified atom stereocenters. The molecule has 1 fully saturated rings. The van der Waals surface area contributed by atoms with E-state index in [9.17, 15) is 13.2 Å². The number of aryl methyl sites for hydroxylation is 2. The highest BCUT2D eigenvalue weighted by atomic mass is 32.2. The lowest BCUT2D eigenvalue weighted by atomic mass is 9.98. The number of aromatic nitrogens is 1. The second kappa shape index (κ2) is 9.06. The van der Waals surface area contributed by atoms with Crippen LogP contribution in [0.2, 0.25) is 0 Å². The van der Waals surface area contributed by atoms with Crippen LogP contribution in [0.15, 0.2) is 28.8 Å². The number of rotatable bonds is 7. The summed E-state index contributed by atoms with van der Waals surface area (Å²) in [5, 5.41) is 6.81. The van der Waals surface area contributed by atoms with Crippen LogP contribution in [0.3, 0.4) is 0 Å². The third kappa shape index (κ3) is 5.04. The smallest absolute Gasteiger partial charge is 0.227 e. The molecule has 0 saturated carbocycles. The van der Waals surface area contributed by atoms with Crippen LogP contribution in [0.4, 0.5) is 0 Å². The van der Waals surface area contributed by atoms with Crippen LogP contribution in [0, 0.1) is 13.8 Å². The van der Waals surface area contributed by atoms with Gasteiger partial charge in [0.05, 0.1) is 30.6 Å². The summed E-state index contributed by atoms with van der Waals surface area (Å²) in [5.41, 5.74) is 2.95. The summed E-state index contributed by atoms with van der Waals surface area (Å²) in [4.78, 5) is 12.6. The van der Waals surface area contributed by atoms with Gasteiger partial charge in [-0.3, -0.25) is 4.79 Å². The molecule has 3 rings (SSSR count). The number of amides is 1. The average molecular weight is 422 g/mol. The molecule has 2 aromatic rings. The maximum Gasteiger partial charge on any atom is 0.227 e. The van der Waals surface area contributed by atoms with Crippen LogP contribution in [-0.2, 0) is 31.9 Å². The molecule has 0 radical (unpaired) electrons. The van der Waals surface area contributed by atoms with Gasteiger partial charge < -0.3 is 14.6 Å². The molecule has 8 nitrogen and oxygen atoms in total. The number of carbonyl (C=O) groups is 1. The number of benzene rings is 1. The number of carbonyl (C=O) groups excluding carboxylic acids is 1. The Labute approximate surface area is 171 Å². The summed E-state index contributed by atoms with van der Waals surface area (Å²) >= 11 is 0. The lowest BCUT2D eigenvalue weighted by Crippen LogP contribution is -2.41. The highest BCUT2D eigenvalue weighted by Gasteiger charge is 2.26. The molecule has 1 aromatic heterocycles. The van der Waals surface area contributed by atoms with E-state index in [1.807, 2.05) is 18.2 Å². The van der Waals surface area contributed by atoms with Crippen molar-refractivity contribution in [1.82, 2.24) is 14.8 Å². The standard InChI is InChI=1S/C20H27N3O5S/c1-14(19-15(2)22-28-16(19)3)20(24)21-12-17-6-4-5-7-18(17)13-29(25,26)23-8-10-27-11-9-23/h4-7,14H,8-13H2,1-3H3,(H,21,24). The van der Waals surface area contributed by atoms with Crippen LogP contribution in [0.25, 0.3) is 0 Å². The van der Waals surface area contributed by atoms with E-state index < -0.39 is 15.9 Å². The molecule has 1 aliphatic rings. The van der Waals surface area contributed by atoms with E-state index in [-0.39, 0.29) is 18.2 Å². The first kappa shape index (κ1) is 21.5. The second-order valence-corrected chi connectivity index (χ2v) is 9.18. The Balaban J connectivity index is 1.68. The Kier molecular flexibility index (Phi) is 6.71. The molecule has 1 saturated heterocycles. The highest BCUT2D eigenvalue weighted by molar-refractivity contribution is 7.88. The Morgan fingerprint density at radius 3 is 2.48 bits per heavy atom. The van der Waals surface area contributed by atoms with Gasteiger partial charge in [-0.25, -0.2) is 8.42 Å². The van der Waals surface area contributed by atoms with E-state index in [0.717, 1.165) is 11.1 Å². The van der Waals surface area contributed by atoms with Crippen molar-refractivity contribution in [1.29, 1.82) is 0 Å². The molecule has 29 heavy (non-hydrogen) atoms. The van der Waals surface area contributed by atoms with Crippen LogP contribution in [0.1, 0.15) is 41.0 Å². The fourth-order valence-electron chi connectivity index (χ4n) is 3.56. The molecular formula is C20H27N3O5S. The van der Waals surface area contributed by atoms with Crippen LogP contribution in [0.5, 0.6) is 0 Å². The quantitative estimate of drug-likeness (QED) is 0.732. The number of nitrogens with zero attached hydrogens (tertiary/aromatic N) is 2. The normalized spacial score (nSPS) is 16.5. The Morgan fingerprint density at radius 1 is 1.21 bits per heavy atom. The van der Waals surface area contributed by atoms with Gasteiger partial charge in [0.15, 0.2) is 0 Å². The fourth-order valence-corrected chi connectivity index (χ4v) is 5.12. The zero-order valence-corrected chi connectivity index (χ0v) is 17.8. The molecule has 1 amide bonds. The van der Waals surface area contributed by atoms with Crippen molar-refractivity contribution in [3.63, 3.8) is 0 Å². The van der Waals surface area contributed by atoms with Crippen molar-refractivity contribution < 1.29 is 22.5 Å². The lowest BCUT2D eigenvalue weighted by molar-refractivity contribution is -0.122. The molecule has 0 aliphatic carbocycles. The number of nitrogens with one attached hydrogen (secondary N) is 1. The van der Waals surface area contributed by atoms with E-state index >= 15 is 0 Å². The average Bonchev–Trinajstić information content (AvgIpc) is 3.05. The minimum absolute atomic E-state index is 0.0987. The molecule has 9 heteroatoms. The van der Waals surface area contributed by atoms with Gasteiger partial charge in [0.25, 0.3) is 0 Å². The molecule has 1 aromatic carbocycles. The second-order valence-electron chi connectivity index (χ2n) is 7.21. The number of ether oxygens (including phenoxy) is 1. The van der Waals surface area contributed by atoms with Gasteiger partial charge in [-0.05, 0) is 31.9 Å². The van der Waals surface area contributed by atoms with Gasteiger partial charge in [-0.2, -0.15) is 4.31 Å². The molecule has 1 N–H and O–H groups in total. The molecule has 0 spiro atoms. The fraction of sp³-hybridized carbons (Fsp3) is 0.500. The molecule has 1 atom stereocenters. The van der Waals surface area contributed by atoms with Gasteiger partial charge in [0.2, 0.25) is 15.9 Å².